The minimum Gasteiger partial charge on any atom is -0.388 e. The van der Waals surface area contributed by atoms with E-state index < -0.39 is 22.9 Å². The Labute approximate surface area is 247 Å². The summed E-state index contributed by atoms with van der Waals surface area (Å²) in [6.07, 6.45) is 2.20. The van der Waals surface area contributed by atoms with Gasteiger partial charge in [-0.15, -0.1) is 0 Å². The highest BCUT2D eigenvalue weighted by molar-refractivity contribution is 6.31. The highest BCUT2D eigenvalue weighted by Gasteiger charge is 2.66. The van der Waals surface area contributed by atoms with Crippen LogP contribution in [0.5, 0.6) is 0 Å². The third-order valence-corrected chi connectivity index (χ3v) is 9.55. The number of alkyl halides is 2. The molecule has 2 saturated heterocycles. The predicted octanol–water partition coefficient (Wildman–Crippen LogP) is 3.92. The molecule has 3 aromatic rings. The second-order valence-electron chi connectivity index (χ2n) is 12.6. The van der Waals surface area contributed by atoms with Crippen molar-refractivity contribution < 1.29 is 23.4 Å². The summed E-state index contributed by atoms with van der Waals surface area (Å²) in [6, 6.07) is 9.54. The number of hydrogen-bond acceptors (Lipinski definition) is 6. The smallest absolute Gasteiger partial charge is 0.262 e. The lowest BCUT2D eigenvalue weighted by atomic mass is 9.90. The van der Waals surface area contributed by atoms with Crippen LogP contribution in [0.25, 0.3) is 16.7 Å². The Kier molecular flexibility index (Phi) is 7.23. The number of nitrogens with zero attached hydrogens (tertiary/aromatic N) is 4. The number of ether oxygens (including phenoxy) is 1. The quantitative estimate of drug-likeness (QED) is 0.443. The van der Waals surface area contributed by atoms with Gasteiger partial charge >= 0.3 is 0 Å². The van der Waals surface area contributed by atoms with Crippen molar-refractivity contribution in [2.45, 2.75) is 70.2 Å². The van der Waals surface area contributed by atoms with Crippen molar-refractivity contribution >= 4 is 28.5 Å². The van der Waals surface area contributed by atoms with Crippen molar-refractivity contribution in [1.29, 1.82) is 0 Å². The van der Waals surface area contributed by atoms with Crippen molar-refractivity contribution in [3.8, 4) is 5.69 Å². The number of piperidine rings is 1. The van der Waals surface area contributed by atoms with Crippen molar-refractivity contribution in [2.24, 2.45) is 11.3 Å². The standard InChI is InChI=1S/C30H36ClF2N5O4/c1-18-14-34-22(15-42-18)19-4-6-20(7-5-19)38-24(31)12-21-25(38)35-17-37(26(21)39)16-30(41)8-10-36(11-9-30)27(40)28(2)13-23(28)29(3,32)33/h4-7,12,17-18,22-23,34,41H,8-11,13-16H2,1-3H3/t18-,22-,23+,28+/m0/s1. The summed E-state index contributed by atoms with van der Waals surface area (Å²) in [5.74, 6) is -4.16. The zero-order chi connectivity index (χ0) is 30.0. The van der Waals surface area contributed by atoms with Crippen LogP contribution in [0.2, 0.25) is 5.15 Å². The van der Waals surface area contributed by atoms with Crippen molar-refractivity contribution in [3.05, 3.63) is 57.7 Å². The van der Waals surface area contributed by atoms with Gasteiger partial charge in [0.25, 0.3) is 5.56 Å². The van der Waals surface area contributed by atoms with Gasteiger partial charge in [0.05, 0.1) is 41.7 Å². The number of morpholine rings is 1. The van der Waals surface area contributed by atoms with Gasteiger partial charge in [-0.1, -0.05) is 30.7 Å². The lowest BCUT2D eigenvalue weighted by molar-refractivity contribution is -0.143. The van der Waals surface area contributed by atoms with E-state index in [1.54, 1.807) is 22.5 Å². The molecule has 4 atom stereocenters. The molecule has 3 fully saturated rings. The lowest BCUT2D eigenvalue weighted by Gasteiger charge is -2.39. The number of aliphatic hydroxyl groups is 1. The van der Waals surface area contributed by atoms with Crippen LogP contribution >= 0.6 is 11.6 Å². The molecule has 4 heterocycles. The van der Waals surface area contributed by atoms with Crippen molar-refractivity contribution in [3.63, 3.8) is 0 Å². The summed E-state index contributed by atoms with van der Waals surface area (Å²) in [5, 5.41) is 15.5. The molecular formula is C30H36ClF2N5O4. The number of carbonyl (C=O) groups excluding carboxylic acids is 1. The number of aromatic nitrogens is 3. The number of carbonyl (C=O) groups is 1. The van der Waals surface area contributed by atoms with E-state index in [1.165, 1.54) is 10.9 Å². The average Bonchev–Trinajstić information content (AvgIpc) is 3.56. The van der Waals surface area contributed by atoms with Gasteiger partial charge in [-0.25, -0.2) is 13.8 Å². The van der Waals surface area contributed by atoms with E-state index in [4.69, 9.17) is 16.3 Å². The maximum atomic E-state index is 13.8. The second-order valence-corrected chi connectivity index (χ2v) is 12.9. The summed E-state index contributed by atoms with van der Waals surface area (Å²) in [5.41, 5.74) is -0.382. The molecule has 3 aliphatic rings. The molecule has 2 N–H and O–H groups in total. The fourth-order valence-corrected chi connectivity index (χ4v) is 6.79. The molecular weight excluding hydrogens is 568 g/mol. The minimum absolute atomic E-state index is 0.00367. The maximum absolute atomic E-state index is 13.8. The topological polar surface area (TPSA) is 102 Å². The number of nitrogens with one attached hydrogen (secondary N) is 1. The molecule has 0 spiro atoms. The lowest BCUT2D eigenvalue weighted by Crippen LogP contribution is -2.51. The van der Waals surface area contributed by atoms with Crippen LogP contribution in [0.1, 0.15) is 51.6 Å². The average molecular weight is 604 g/mol. The first-order valence-corrected chi connectivity index (χ1v) is 14.8. The van der Waals surface area contributed by atoms with Gasteiger partial charge in [-0.05, 0) is 56.9 Å². The van der Waals surface area contributed by atoms with Gasteiger partial charge in [0.15, 0.2) is 5.65 Å². The number of rotatable bonds is 6. The Balaban J connectivity index is 1.16. The summed E-state index contributed by atoms with van der Waals surface area (Å²) in [4.78, 5) is 32.5. The van der Waals surface area contributed by atoms with Gasteiger partial charge in [-0.2, -0.15) is 0 Å². The molecule has 0 radical (unpaired) electrons. The van der Waals surface area contributed by atoms with Crippen LogP contribution in [-0.2, 0) is 16.1 Å². The van der Waals surface area contributed by atoms with Crippen LogP contribution in [-0.4, -0.2) is 73.9 Å². The van der Waals surface area contributed by atoms with Gasteiger partial charge in [-0.3, -0.25) is 18.7 Å². The molecule has 226 valence electrons. The maximum Gasteiger partial charge on any atom is 0.262 e. The third kappa shape index (κ3) is 5.25. The summed E-state index contributed by atoms with van der Waals surface area (Å²) in [7, 11) is 0. The monoisotopic (exact) mass is 603 g/mol. The Morgan fingerprint density at radius 1 is 1.26 bits per heavy atom. The van der Waals surface area contributed by atoms with E-state index in [9.17, 15) is 23.5 Å². The fourth-order valence-electron chi connectivity index (χ4n) is 6.50. The molecule has 2 aromatic heterocycles. The van der Waals surface area contributed by atoms with Gasteiger partial charge in [0.1, 0.15) is 11.5 Å². The zero-order valence-electron chi connectivity index (χ0n) is 23.9. The molecule has 42 heavy (non-hydrogen) atoms. The van der Waals surface area contributed by atoms with Gasteiger partial charge in [0.2, 0.25) is 11.8 Å². The Bertz CT molecular complexity index is 1550. The number of amides is 1. The molecule has 1 amide bonds. The van der Waals surface area contributed by atoms with Crippen molar-refractivity contribution in [1.82, 2.24) is 24.3 Å². The van der Waals surface area contributed by atoms with E-state index in [1.807, 2.05) is 31.2 Å². The molecule has 0 bridgehead atoms. The summed E-state index contributed by atoms with van der Waals surface area (Å²) < 4.78 is 36.4. The van der Waals surface area contributed by atoms with Crippen LogP contribution in [0.15, 0.2) is 41.5 Å². The highest BCUT2D eigenvalue weighted by Crippen LogP contribution is 2.60. The largest absolute Gasteiger partial charge is 0.388 e. The molecule has 0 unspecified atom stereocenters. The number of fused-ring (bicyclic) bond motifs is 1. The molecule has 1 saturated carbocycles. The van der Waals surface area contributed by atoms with E-state index in [2.05, 4.69) is 10.3 Å². The number of benzene rings is 1. The number of halogens is 3. The number of likely N-dealkylation sites (tertiary alicyclic amines) is 1. The van der Waals surface area contributed by atoms with Crippen LogP contribution in [0.3, 0.4) is 0 Å². The molecule has 6 rings (SSSR count). The van der Waals surface area contributed by atoms with E-state index >= 15 is 0 Å². The molecule has 12 heteroatoms. The van der Waals surface area contributed by atoms with Crippen LogP contribution in [0, 0.1) is 11.3 Å². The van der Waals surface area contributed by atoms with Crippen LogP contribution < -0.4 is 10.9 Å². The second kappa shape index (κ2) is 10.4. The van der Waals surface area contributed by atoms with Crippen LogP contribution in [0.4, 0.5) is 8.78 Å². The highest BCUT2D eigenvalue weighted by atomic mass is 35.5. The van der Waals surface area contributed by atoms with Gasteiger partial charge < -0.3 is 20.1 Å². The number of hydrogen-bond donors (Lipinski definition) is 2. The molecule has 2 aliphatic heterocycles. The van der Waals surface area contributed by atoms with E-state index in [-0.39, 0.29) is 62.5 Å². The first-order valence-electron chi connectivity index (χ1n) is 14.4. The fraction of sp³-hybridized carbons (Fsp3) is 0.567. The Morgan fingerprint density at radius 3 is 2.55 bits per heavy atom. The van der Waals surface area contributed by atoms with E-state index in [0.717, 1.165) is 24.7 Å². The molecule has 1 aliphatic carbocycles. The normalized spacial score (nSPS) is 27.8. The predicted molar refractivity (Wildman–Crippen MR) is 154 cm³/mol. The van der Waals surface area contributed by atoms with Crippen molar-refractivity contribution in [2.75, 3.05) is 26.2 Å². The summed E-state index contributed by atoms with van der Waals surface area (Å²) >= 11 is 6.58. The zero-order valence-corrected chi connectivity index (χ0v) is 24.7. The van der Waals surface area contributed by atoms with E-state index in [0.29, 0.717) is 22.8 Å². The molecule has 1 aromatic carbocycles. The Hall–Kier alpha value is -2.86. The molecule has 9 nitrogen and oxygen atoms in total. The Morgan fingerprint density at radius 2 is 1.95 bits per heavy atom. The third-order valence-electron chi connectivity index (χ3n) is 9.28. The van der Waals surface area contributed by atoms with Gasteiger partial charge in [0, 0.05) is 31.2 Å². The summed E-state index contributed by atoms with van der Waals surface area (Å²) in [6.45, 7) is 6.31. The first-order chi connectivity index (χ1) is 19.8. The SMILES string of the molecule is C[C@H]1CN[C@H](c2ccc(-n3c(Cl)cc4c(=O)n(CC5(O)CCN(C(=O)[C@]6(C)C[C@H]6C(C)(F)F)CC5)cnc43)cc2)CO1. The first kappa shape index (κ1) is 29.2. The minimum atomic E-state index is -2.90.